The molecular weight excluding hydrogens is 379 g/mol. The molecule has 2 aromatic carbocycles. The Balaban J connectivity index is 2.24. The smallest absolute Gasteiger partial charge is 0.339 e. The van der Waals surface area contributed by atoms with Gasteiger partial charge < -0.3 is 5.73 Å². The predicted octanol–water partition coefficient (Wildman–Crippen LogP) is 4.41. The minimum atomic E-state index is -0.761. The summed E-state index contributed by atoms with van der Waals surface area (Å²) in [7, 11) is 0. The molecule has 26 heavy (non-hydrogen) atoms. The Labute approximate surface area is 158 Å². The molecule has 7 nitrogen and oxygen atoms in total. The summed E-state index contributed by atoms with van der Waals surface area (Å²) < 4.78 is 0. The molecule has 1 aliphatic heterocycles. The number of urea groups is 1. The lowest BCUT2D eigenvalue weighted by Gasteiger charge is -2.15. The van der Waals surface area contributed by atoms with E-state index in [4.69, 9.17) is 28.9 Å². The summed E-state index contributed by atoms with van der Waals surface area (Å²) in [5, 5.41) is 16.9. The molecule has 0 bridgehead atoms. The molecule has 1 heterocycles. The quantitative estimate of drug-likeness (QED) is 0.606. The van der Waals surface area contributed by atoms with E-state index in [9.17, 15) is 14.9 Å². The van der Waals surface area contributed by atoms with Gasteiger partial charge in [-0.2, -0.15) is 10.1 Å². The number of nitrogens with zero attached hydrogens (tertiary/aromatic N) is 3. The average molecular weight is 391 g/mol. The number of amides is 2. The molecule has 2 aromatic rings. The lowest BCUT2D eigenvalue weighted by molar-refractivity contribution is -0.384. The van der Waals surface area contributed by atoms with Crippen LogP contribution in [0, 0.1) is 10.1 Å². The maximum absolute atomic E-state index is 11.8. The highest BCUT2D eigenvalue weighted by Crippen LogP contribution is 2.32. The first-order valence-electron chi connectivity index (χ1n) is 7.38. The summed E-state index contributed by atoms with van der Waals surface area (Å²) in [6, 6.07) is 8.33. The summed E-state index contributed by atoms with van der Waals surface area (Å²) in [5.41, 5.74) is 8.12. The molecule has 0 fully saturated rings. The van der Waals surface area contributed by atoms with Gasteiger partial charge in [-0.25, -0.2) is 4.79 Å². The van der Waals surface area contributed by atoms with E-state index in [0.717, 1.165) is 5.01 Å². The number of hydrazone groups is 1. The lowest BCUT2D eigenvalue weighted by Crippen LogP contribution is -2.30. The van der Waals surface area contributed by atoms with Gasteiger partial charge in [-0.3, -0.25) is 10.1 Å². The Hall–Kier alpha value is -2.90. The standard InChI is InChI=1S/C17H12Cl2N4O3/c1-9-6-11-7-14(18)15(19)8-13(11)16(21-22(9)17(20)24)10-2-4-12(5-3-10)23(25)26/h2-8H,1H3,(H2,20,24). The van der Waals surface area contributed by atoms with Gasteiger partial charge in [0.1, 0.15) is 0 Å². The van der Waals surface area contributed by atoms with Gasteiger partial charge in [0.25, 0.3) is 5.69 Å². The number of benzene rings is 2. The minimum Gasteiger partial charge on any atom is -0.350 e. The van der Waals surface area contributed by atoms with Crippen LogP contribution in [0.1, 0.15) is 23.6 Å². The number of non-ortho nitro benzene ring substituents is 1. The second-order valence-electron chi connectivity index (χ2n) is 5.54. The Morgan fingerprint density at radius 2 is 1.81 bits per heavy atom. The van der Waals surface area contributed by atoms with Gasteiger partial charge in [-0.1, -0.05) is 23.2 Å². The van der Waals surface area contributed by atoms with Crippen LogP contribution < -0.4 is 5.73 Å². The van der Waals surface area contributed by atoms with Gasteiger partial charge >= 0.3 is 6.03 Å². The molecule has 0 saturated carbocycles. The minimum absolute atomic E-state index is 0.0570. The molecule has 132 valence electrons. The van der Waals surface area contributed by atoms with Crippen molar-refractivity contribution in [1.29, 1.82) is 0 Å². The van der Waals surface area contributed by atoms with E-state index >= 15 is 0 Å². The highest BCUT2D eigenvalue weighted by molar-refractivity contribution is 6.42. The SMILES string of the molecule is CC1=Cc2cc(Cl)c(Cl)cc2C(c2ccc([N+](=O)[O-])cc2)=NN1C(N)=O. The monoisotopic (exact) mass is 390 g/mol. The van der Waals surface area contributed by atoms with Gasteiger partial charge in [-0.05, 0) is 42.8 Å². The van der Waals surface area contributed by atoms with Crippen molar-refractivity contribution < 1.29 is 9.72 Å². The first-order chi connectivity index (χ1) is 12.3. The van der Waals surface area contributed by atoms with Crippen molar-refractivity contribution in [3.63, 3.8) is 0 Å². The van der Waals surface area contributed by atoms with Crippen molar-refractivity contribution in [3.05, 3.63) is 78.9 Å². The van der Waals surface area contributed by atoms with E-state index < -0.39 is 11.0 Å². The highest BCUT2D eigenvalue weighted by Gasteiger charge is 2.22. The number of hydrogen-bond donors (Lipinski definition) is 1. The van der Waals surface area contributed by atoms with E-state index in [-0.39, 0.29) is 5.69 Å². The molecule has 0 aliphatic carbocycles. The molecule has 2 N–H and O–H groups in total. The molecule has 0 spiro atoms. The lowest BCUT2D eigenvalue weighted by atomic mass is 9.97. The van der Waals surface area contributed by atoms with Crippen LogP contribution in [0.5, 0.6) is 0 Å². The van der Waals surface area contributed by atoms with Crippen molar-refractivity contribution in [1.82, 2.24) is 5.01 Å². The van der Waals surface area contributed by atoms with Crippen molar-refractivity contribution in [2.75, 3.05) is 0 Å². The average Bonchev–Trinajstić information content (AvgIpc) is 2.72. The molecule has 0 radical (unpaired) electrons. The van der Waals surface area contributed by atoms with Gasteiger partial charge in [-0.15, -0.1) is 0 Å². The molecule has 0 saturated heterocycles. The summed E-state index contributed by atoms with van der Waals surface area (Å²) in [5.74, 6) is 0. The zero-order valence-electron chi connectivity index (χ0n) is 13.4. The second kappa shape index (κ2) is 6.78. The van der Waals surface area contributed by atoms with Crippen LogP contribution in [-0.4, -0.2) is 21.7 Å². The van der Waals surface area contributed by atoms with E-state index in [1.807, 2.05) is 0 Å². The zero-order chi connectivity index (χ0) is 19.0. The van der Waals surface area contributed by atoms with E-state index in [1.54, 1.807) is 37.3 Å². The van der Waals surface area contributed by atoms with Crippen LogP contribution in [0.2, 0.25) is 10.0 Å². The number of hydrogen-bond acceptors (Lipinski definition) is 4. The third-order valence-corrected chi connectivity index (χ3v) is 4.53. The molecule has 3 rings (SSSR count). The van der Waals surface area contributed by atoms with Gasteiger partial charge in [0.05, 0.1) is 20.7 Å². The Bertz CT molecular complexity index is 984. The normalized spacial score (nSPS) is 13.4. The van der Waals surface area contributed by atoms with E-state index in [2.05, 4.69) is 5.10 Å². The van der Waals surface area contributed by atoms with Crippen LogP contribution in [-0.2, 0) is 0 Å². The number of carbonyl (C=O) groups is 1. The number of rotatable bonds is 2. The van der Waals surface area contributed by atoms with Crippen molar-refractivity contribution in [2.45, 2.75) is 6.92 Å². The fourth-order valence-corrected chi connectivity index (χ4v) is 2.92. The van der Waals surface area contributed by atoms with Gasteiger partial charge in [0.2, 0.25) is 0 Å². The summed E-state index contributed by atoms with van der Waals surface area (Å²) >= 11 is 12.3. The van der Waals surface area contributed by atoms with Crippen molar-refractivity contribution in [2.24, 2.45) is 10.8 Å². The molecule has 0 unspecified atom stereocenters. The zero-order valence-corrected chi connectivity index (χ0v) is 15.0. The maximum atomic E-state index is 11.8. The highest BCUT2D eigenvalue weighted by atomic mass is 35.5. The molecular formula is C17H12Cl2N4O3. The van der Waals surface area contributed by atoms with Crippen LogP contribution in [0.15, 0.2) is 47.2 Å². The van der Waals surface area contributed by atoms with E-state index in [0.29, 0.717) is 38.1 Å². The van der Waals surface area contributed by atoms with Crippen LogP contribution in [0.4, 0.5) is 10.5 Å². The van der Waals surface area contributed by atoms with Crippen LogP contribution in [0.25, 0.3) is 6.08 Å². The first kappa shape index (κ1) is 17.9. The molecule has 2 amide bonds. The molecule has 0 aromatic heterocycles. The summed E-state index contributed by atoms with van der Waals surface area (Å²) in [6.45, 7) is 1.68. The number of nitro groups is 1. The number of primary amides is 1. The number of halogens is 2. The first-order valence-corrected chi connectivity index (χ1v) is 8.14. The number of nitro benzene ring substituents is 1. The number of carbonyl (C=O) groups excluding carboxylic acids is 1. The predicted molar refractivity (Wildman–Crippen MR) is 100 cm³/mol. The molecule has 1 aliphatic rings. The van der Waals surface area contributed by atoms with Gasteiger partial charge in [0, 0.05) is 29.0 Å². The Kier molecular flexibility index (Phi) is 4.67. The number of allylic oxidation sites excluding steroid dienone is 1. The third-order valence-electron chi connectivity index (χ3n) is 3.81. The van der Waals surface area contributed by atoms with Gasteiger partial charge in [0.15, 0.2) is 0 Å². The number of fused-ring (bicyclic) bond motifs is 1. The Morgan fingerprint density at radius 1 is 1.19 bits per heavy atom. The summed E-state index contributed by atoms with van der Waals surface area (Å²) in [6.07, 6.45) is 1.71. The maximum Gasteiger partial charge on any atom is 0.339 e. The fraction of sp³-hybridized carbons (Fsp3) is 0.0588. The Morgan fingerprint density at radius 3 is 2.38 bits per heavy atom. The molecule has 9 heteroatoms. The van der Waals surface area contributed by atoms with Crippen LogP contribution in [0.3, 0.4) is 0 Å². The topological polar surface area (TPSA) is 102 Å². The second-order valence-corrected chi connectivity index (χ2v) is 6.36. The van der Waals surface area contributed by atoms with Crippen molar-refractivity contribution in [3.8, 4) is 0 Å². The molecule has 0 atom stereocenters. The van der Waals surface area contributed by atoms with Crippen LogP contribution >= 0.6 is 23.2 Å². The summed E-state index contributed by atoms with van der Waals surface area (Å²) in [4.78, 5) is 22.2. The van der Waals surface area contributed by atoms with E-state index in [1.165, 1.54) is 12.1 Å². The number of nitrogens with two attached hydrogens (primary N) is 1. The largest absolute Gasteiger partial charge is 0.350 e. The fourth-order valence-electron chi connectivity index (χ4n) is 2.58. The third kappa shape index (κ3) is 3.26. The van der Waals surface area contributed by atoms with Crippen molar-refractivity contribution >= 4 is 46.7 Å².